The fourth-order valence-corrected chi connectivity index (χ4v) is 2.85. The summed E-state index contributed by atoms with van der Waals surface area (Å²) in [6, 6.07) is 10.9. The number of pyridine rings is 1. The minimum atomic E-state index is -0.830. The fourth-order valence-electron chi connectivity index (χ4n) is 2.85. The molecule has 0 aliphatic rings. The maximum absolute atomic E-state index is 12.9. The number of rotatable bonds is 9. The minimum absolute atomic E-state index is 0.0171. The third-order valence-electron chi connectivity index (χ3n) is 5.00. The lowest BCUT2D eigenvalue weighted by Crippen LogP contribution is -2.53. The van der Waals surface area contributed by atoms with Gasteiger partial charge in [-0.1, -0.05) is 38.5 Å². The molecule has 0 saturated heterocycles. The maximum Gasteiger partial charge on any atom is 0.243 e. The average Bonchev–Trinajstić information content (AvgIpc) is 2.76. The molecule has 0 aliphatic carbocycles. The molecule has 0 saturated carbocycles. The Bertz CT molecular complexity index is 907. The van der Waals surface area contributed by atoms with Gasteiger partial charge in [-0.3, -0.25) is 9.59 Å². The molecule has 2 rings (SSSR count). The number of anilines is 1. The molecule has 158 valence electrons. The third-order valence-corrected chi connectivity index (χ3v) is 5.00. The second-order valence-electron chi connectivity index (χ2n) is 7.30. The van der Waals surface area contributed by atoms with Crippen LogP contribution < -0.4 is 22.1 Å². The normalized spacial score (nSPS) is 13.5. The van der Waals surface area contributed by atoms with Crippen molar-refractivity contribution in [1.82, 2.24) is 15.6 Å². The Hall–Kier alpha value is -3.44. The van der Waals surface area contributed by atoms with Gasteiger partial charge in [0.25, 0.3) is 0 Å². The van der Waals surface area contributed by atoms with Crippen LogP contribution in [0.5, 0.6) is 0 Å². The molecule has 2 amide bonds. The van der Waals surface area contributed by atoms with Crippen molar-refractivity contribution in [2.45, 2.75) is 45.3 Å². The SMILES string of the molecule is CCC(C)[C@H](N)C(=O)N[C@H](Cc1cccc(C#N)c1)C(=O)NCc1ccc(N)nc1. The van der Waals surface area contributed by atoms with E-state index in [1.165, 1.54) is 0 Å². The molecule has 1 aromatic heterocycles. The van der Waals surface area contributed by atoms with Gasteiger partial charge in [-0.2, -0.15) is 5.26 Å². The molecule has 2 aromatic rings. The smallest absolute Gasteiger partial charge is 0.243 e. The number of carbonyl (C=O) groups is 2. The van der Waals surface area contributed by atoms with E-state index in [1.54, 1.807) is 36.5 Å². The second-order valence-corrected chi connectivity index (χ2v) is 7.30. The molecule has 0 spiro atoms. The standard InChI is InChI=1S/C22H28N6O2/c1-3-14(2)20(25)22(30)28-18(10-15-5-4-6-16(9-15)11-23)21(29)27-13-17-7-8-19(24)26-12-17/h4-9,12,14,18,20H,3,10,13,25H2,1-2H3,(H2,24,26)(H,27,29)(H,28,30)/t14?,18-,20+/m1/s1. The summed E-state index contributed by atoms with van der Waals surface area (Å²) in [5, 5.41) is 14.7. The van der Waals surface area contributed by atoms with Crippen LogP contribution in [0.1, 0.15) is 37.0 Å². The number of benzene rings is 1. The highest BCUT2D eigenvalue weighted by Crippen LogP contribution is 2.10. The largest absolute Gasteiger partial charge is 0.384 e. The summed E-state index contributed by atoms with van der Waals surface area (Å²) in [6.45, 7) is 4.09. The molecule has 1 heterocycles. The Morgan fingerprint density at radius 1 is 1.20 bits per heavy atom. The number of carbonyl (C=O) groups excluding carboxylic acids is 2. The molecule has 1 aromatic carbocycles. The van der Waals surface area contributed by atoms with Crippen LogP contribution in [-0.4, -0.2) is 28.9 Å². The molecule has 6 N–H and O–H groups in total. The molecule has 8 heteroatoms. The first kappa shape index (κ1) is 22.8. The molecule has 1 unspecified atom stereocenters. The molecule has 0 fully saturated rings. The Balaban J connectivity index is 2.14. The van der Waals surface area contributed by atoms with Gasteiger partial charge in [-0.25, -0.2) is 4.98 Å². The number of nitrogens with two attached hydrogens (primary N) is 2. The third kappa shape index (κ3) is 6.57. The van der Waals surface area contributed by atoms with Crippen LogP contribution in [0, 0.1) is 17.2 Å². The van der Waals surface area contributed by atoms with Crippen molar-refractivity contribution in [2.24, 2.45) is 11.7 Å². The van der Waals surface area contributed by atoms with Gasteiger partial charge in [0.15, 0.2) is 0 Å². The Labute approximate surface area is 176 Å². The minimum Gasteiger partial charge on any atom is -0.384 e. The highest BCUT2D eigenvalue weighted by atomic mass is 16.2. The molecule has 8 nitrogen and oxygen atoms in total. The van der Waals surface area contributed by atoms with Crippen LogP contribution in [0.4, 0.5) is 5.82 Å². The zero-order valence-corrected chi connectivity index (χ0v) is 17.3. The zero-order valence-electron chi connectivity index (χ0n) is 17.3. The molecule has 0 radical (unpaired) electrons. The predicted octanol–water partition coefficient (Wildman–Crippen LogP) is 1.25. The van der Waals surface area contributed by atoms with Crippen molar-refractivity contribution in [3.63, 3.8) is 0 Å². The second kappa shape index (κ2) is 10.9. The van der Waals surface area contributed by atoms with Crippen LogP contribution in [0.2, 0.25) is 0 Å². The highest BCUT2D eigenvalue weighted by molar-refractivity contribution is 5.90. The van der Waals surface area contributed by atoms with Crippen molar-refractivity contribution in [2.75, 3.05) is 5.73 Å². The fraction of sp³-hybridized carbons (Fsp3) is 0.364. The Morgan fingerprint density at radius 2 is 1.97 bits per heavy atom. The van der Waals surface area contributed by atoms with Crippen molar-refractivity contribution in [1.29, 1.82) is 5.26 Å². The topological polar surface area (TPSA) is 147 Å². The van der Waals surface area contributed by atoms with Gasteiger partial charge in [-0.05, 0) is 35.2 Å². The first-order chi connectivity index (χ1) is 14.3. The number of hydrogen-bond acceptors (Lipinski definition) is 6. The monoisotopic (exact) mass is 408 g/mol. The van der Waals surface area contributed by atoms with Crippen molar-refractivity contribution in [3.8, 4) is 6.07 Å². The van der Waals surface area contributed by atoms with Crippen molar-refractivity contribution < 1.29 is 9.59 Å². The summed E-state index contributed by atoms with van der Waals surface area (Å²) in [5.41, 5.74) is 13.6. The average molecular weight is 409 g/mol. The van der Waals surface area contributed by atoms with E-state index in [4.69, 9.17) is 16.7 Å². The molecular formula is C22H28N6O2. The van der Waals surface area contributed by atoms with E-state index >= 15 is 0 Å². The van der Waals surface area contributed by atoms with Gasteiger partial charge in [-0.15, -0.1) is 0 Å². The molecule has 30 heavy (non-hydrogen) atoms. The number of nitrogens with zero attached hydrogens (tertiary/aromatic N) is 2. The quantitative estimate of drug-likeness (QED) is 0.491. The first-order valence-electron chi connectivity index (χ1n) is 9.87. The van der Waals surface area contributed by atoms with Crippen LogP contribution >= 0.6 is 0 Å². The number of nitrogen functional groups attached to an aromatic ring is 1. The van der Waals surface area contributed by atoms with E-state index in [1.807, 2.05) is 19.9 Å². The number of nitriles is 1. The van der Waals surface area contributed by atoms with Gasteiger partial charge in [0, 0.05) is 19.2 Å². The van der Waals surface area contributed by atoms with Crippen LogP contribution in [-0.2, 0) is 22.6 Å². The van der Waals surface area contributed by atoms with E-state index in [-0.39, 0.29) is 30.7 Å². The highest BCUT2D eigenvalue weighted by Gasteiger charge is 2.26. The van der Waals surface area contributed by atoms with Crippen LogP contribution in [0.3, 0.4) is 0 Å². The molecule has 3 atom stereocenters. The summed E-state index contributed by atoms with van der Waals surface area (Å²) >= 11 is 0. The molecule has 0 bridgehead atoms. The van der Waals surface area contributed by atoms with Crippen molar-refractivity contribution >= 4 is 17.6 Å². The lowest BCUT2D eigenvalue weighted by Gasteiger charge is -2.23. The van der Waals surface area contributed by atoms with E-state index in [0.29, 0.717) is 11.4 Å². The number of hydrogen-bond donors (Lipinski definition) is 4. The lowest BCUT2D eigenvalue weighted by molar-refractivity contribution is -0.130. The van der Waals surface area contributed by atoms with Gasteiger partial charge in [0.05, 0.1) is 17.7 Å². The van der Waals surface area contributed by atoms with Gasteiger partial charge >= 0.3 is 0 Å². The van der Waals surface area contributed by atoms with Gasteiger partial charge in [0.2, 0.25) is 11.8 Å². The van der Waals surface area contributed by atoms with Gasteiger partial charge < -0.3 is 22.1 Å². The summed E-state index contributed by atoms with van der Waals surface area (Å²) in [4.78, 5) is 29.5. The van der Waals surface area contributed by atoms with Crippen molar-refractivity contribution in [3.05, 3.63) is 59.3 Å². The zero-order chi connectivity index (χ0) is 22.1. The van der Waals surface area contributed by atoms with E-state index in [0.717, 1.165) is 17.5 Å². The number of nitrogens with one attached hydrogen (secondary N) is 2. The first-order valence-corrected chi connectivity index (χ1v) is 9.87. The summed E-state index contributed by atoms with van der Waals surface area (Å²) in [7, 11) is 0. The summed E-state index contributed by atoms with van der Waals surface area (Å²) < 4.78 is 0. The van der Waals surface area contributed by atoms with E-state index in [9.17, 15) is 9.59 Å². The number of aromatic nitrogens is 1. The van der Waals surface area contributed by atoms with E-state index < -0.39 is 12.1 Å². The van der Waals surface area contributed by atoms with Crippen LogP contribution in [0.15, 0.2) is 42.6 Å². The number of amides is 2. The molecule has 0 aliphatic heterocycles. The Morgan fingerprint density at radius 3 is 2.60 bits per heavy atom. The summed E-state index contributed by atoms with van der Waals surface area (Å²) in [5.74, 6) is -0.350. The van der Waals surface area contributed by atoms with Gasteiger partial charge in [0.1, 0.15) is 11.9 Å². The Kier molecular flexibility index (Phi) is 8.32. The van der Waals surface area contributed by atoms with E-state index in [2.05, 4.69) is 21.7 Å². The lowest BCUT2D eigenvalue weighted by atomic mass is 9.98. The maximum atomic E-state index is 12.9. The predicted molar refractivity (Wildman–Crippen MR) is 115 cm³/mol. The van der Waals surface area contributed by atoms with Crippen LogP contribution in [0.25, 0.3) is 0 Å². The summed E-state index contributed by atoms with van der Waals surface area (Å²) in [6.07, 6.45) is 2.57. The molecular weight excluding hydrogens is 380 g/mol.